The third-order valence-electron chi connectivity index (χ3n) is 3.38. The zero-order valence-corrected chi connectivity index (χ0v) is 15.3. The lowest BCUT2D eigenvalue weighted by atomic mass is 9.91. The fraction of sp³-hybridized carbons (Fsp3) is 0.737. The van der Waals surface area contributed by atoms with Crippen LogP contribution in [0.1, 0.15) is 60.3 Å². The Kier molecular flexibility index (Phi) is 8.56. The molecule has 1 aliphatic carbocycles. The molecule has 0 atom stereocenters. The molecule has 0 unspecified atom stereocenters. The first kappa shape index (κ1) is 19.9. The quantitative estimate of drug-likeness (QED) is 0.276. The van der Waals surface area contributed by atoms with E-state index in [1.54, 1.807) is 0 Å². The third-order valence-corrected chi connectivity index (χ3v) is 3.38. The molecule has 23 heavy (non-hydrogen) atoms. The molecule has 4 heteroatoms. The molecule has 4 nitrogen and oxygen atoms in total. The summed E-state index contributed by atoms with van der Waals surface area (Å²) in [5, 5.41) is 7.44. The van der Waals surface area contributed by atoms with Crippen LogP contribution in [0.4, 0.5) is 0 Å². The van der Waals surface area contributed by atoms with Gasteiger partial charge in [-0.15, -0.1) is 0 Å². The summed E-state index contributed by atoms with van der Waals surface area (Å²) < 4.78 is 17.2. The third kappa shape index (κ3) is 9.57. The average Bonchev–Trinajstić information content (AvgIpc) is 2.40. The molecule has 1 saturated carbocycles. The molecule has 0 aliphatic heterocycles. The van der Waals surface area contributed by atoms with Gasteiger partial charge in [-0.25, -0.2) is 0 Å². The number of rotatable bonds is 10. The highest BCUT2D eigenvalue weighted by atomic mass is 16.5. The Morgan fingerprint density at radius 1 is 1.22 bits per heavy atom. The average molecular weight is 323 g/mol. The molecule has 0 aromatic heterocycles. The van der Waals surface area contributed by atoms with Crippen molar-refractivity contribution in [2.75, 3.05) is 6.61 Å². The molecule has 0 saturated heterocycles. The number of hydrogen-bond acceptors (Lipinski definition) is 4. The second-order valence-electron chi connectivity index (χ2n) is 7.27. The Hall–Kier alpha value is -1.13. The minimum Gasteiger partial charge on any atom is -0.489 e. The second kappa shape index (κ2) is 9.89. The van der Waals surface area contributed by atoms with E-state index >= 15 is 0 Å². The number of nitrogens with one attached hydrogen (secondary N) is 1. The Morgan fingerprint density at radius 2 is 1.91 bits per heavy atom. The van der Waals surface area contributed by atoms with E-state index in [2.05, 4.69) is 26.8 Å². The van der Waals surface area contributed by atoms with E-state index in [-0.39, 0.29) is 17.8 Å². The van der Waals surface area contributed by atoms with Crippen LogP contribution in [0.5, 0.6) is 0 Å². The van der Waals surface area contributed by atoms with Crippen molar-refractivity contribution in [2.24, 2.45) is 0 Å². The molecule has 0 aromatic carbocycles. The molecule has 0 heterocycles. The van der Waals surface area contributed by atoms with Crippen molar-refractivity contribution >= 4 is 6.21 Å². The van der Waals surface area contributed by atoms with Crippen LogP contribution < -0.4 is 0 Å². The van der Waals surface area contributed by atoms with Gasteiger partial charge in [0, 0.05) is 19.4 Å². The zero-order valence-electron chi connectivity index (χ0n) is 15.3. The van der Waals surface area contributed by atoms with Crippen molar-refractivity contribution in [1.29, 1.82) is 5.41 Å². The summed E-state index contributed by atoms with van der Waals surface area (Å²) in [7, 11) is 0. The second-order valence-corrected chi connectivity index (χ2v) is 7.27. The number of unbranched alkanes of at least 4 members (excludes halogenated alkanes) is 1. The smallest absolute Gasteiger partial charge is 0.137 e. The SMILES string of the molecule is CC(C)OCCC/C=C/C=C(\C=N)OC1CC(OC(C)(C)C)C1. The first-order chi connectivity index (χ1) is 10.8. The van der Waals surface area contributed by atoms with Crippen LogP contribution in [0.25, 0.3) is 0 Å². The summed E-state index contributed by atoms with van der Waals surface area (Å²) in [6.45, 7) is 11.1. The molecular weight excluding hydrogens is 290 g/mol. The molecule has 1 N–H and O–H groups in total. The molecular formula is C19H33NO3. The van der Waals surface area contributed by atoms with Crippen molar-refractivity contribution in [3.63, 3.8) is 0 Å². The molecule has 1 rings (SSSR count). The van der Waals surface area contributed by atoms with Crippen LogP contribution in [0, 0.1) is 5.41 Å². The highest BCUT2D eigenvalue weighted by molar-refractivity contribution is 5.73. The first-order valence-electron chi connectivity index (χ1n) is 8.63. The molecule has 0 aromatic rings. The summed E-state index contributed by atoms with van der Waals surface area (Å²) >= 11 is 0. The number of allylic oxidation sites excluding steroid dienone is 4. The molecule has 132 valence electrons. The van der Waals surface area contributed by atoms with Crippen molar-refractivity contribution in [2.45, 2.75) is 84.2 Å². The van der Waals surface area contributed by atoms with Gasteiger partial charge in [-0.2, -0.15) is 0 Å². The van der Waals surface area contributed by atoms with E-state index in [4.69, 9.17) is 19.6 Å². The Balaban J connectivity index is 2.20. The Labute approximate surface area is 141 Å². The number of ether oxygens (including phenoxy) is 3. The normalized spacial score (nSPS) is 22.4. The molecule has 0 amide bonds. The lowest BCUT2D eigenvalue weighted by molar-refractivity contribution is -0.136. The molecule has 1 fully saturated rings. The Bertz CT molecular complexity index is 401. The van der Waals surface area contributed by atoms with Gasteiger partial charge in [-0.05, 0) is 53.5 Å². The van der Waals surface area contributed by atoms with E-state index < -0.39 is 0 Å². The minimum absolute atomic E-state index is 0.0993. The van der Waals surface area contributed by atoms with Gasteiger partial charge >= 0.3 is 0 Å². The lowest BCUT2D eigenvalue weighted by Crippen LogP contribution is -2.41. The van der Waals surface area contributed by atoms with Gasteiger partial charge in [0.05, 0.1) is 24.0 Å². The van der Waals surface area contributed by atoms with Gasteiger partial charge in [0.1, 0.15) is 11.9 Å². The number of hydrogen-bond donors (Lipinski definition) is 1. The van der Waals surface area contributed by atoms with Crippen molar-refractivity contribution < 1.29 is 14.2 Å². The summed E-state index contributed by atoms with van der Waals surface area (Å²) in [4.78, 5) is 0. The van der Waals surface area contributed by atoms with Crippen LogP contribution in [-0.4, -0.2) is 36.7 Å². The van der Waals surface area contributed by atoms with Gasteiger partial charge in [0.25, 0.3) is 0 Å². The van der Waals surface area contributed by atoms with Crippen LogP contribution in [0.2, 0.25) is 0 Å². The van der Waals surface area contributed by atoms with Crippen LogP contribution in [-0.2, 0) is 14.2 Å². The van der Waals surface area contributed by atoms with E-state index in [1.807, 2.05) is 26.0 Å². The fourth-order valence-corrected chi connectivity index (χ4v) is 2.30. The van der Waals surface area contributed by atoms with Crippen molar-refractivity contribution in [3.05, 3.63) is 24.0 Å². The lowest BCUT2D eigenvalue weighted by Gasteiger charge is -2.39. The molecule has 0 spiro atoms. The summed E-state index contributed by atoms with van der Waals surface area (Å²) in [6, 6.07) is 0. The molecule has 1 aliphatic rings. The van der Waals surface area contributed by atoms with Crippen LogP contribution >= 0.6 is 0 Å². The summed E-state index contributed by atoms with van der Waals surface area (Å²) in [5.74, 6) is 0.610. The van der Waals surface area contributed by atoms with Gasteiger partial charge in [0.2, 0.25) is 0 Å². The Morgan fingerprint density at radius 3 is 2.48 bits per heavy atom. The van der Waals surface area contributed by atoms with Crippen molar-refractivity contribution in [1.82, 2.24) is 0 Å². The standard InChI is InChI=1S/C19H33NO3/c1-15(2)21-11-9-7-6-8-10-16(14-20)22-17-12-18(13-17)23-19(3,4)5/h6,8,10,14-15,17-18,20H,7,9,11-13H2,1-5H3/b8-6+,16-10+,20-14?. The maximum Gasteiger partial charge on any atom is 0.137 e. The molecule has 0 bridgehead atoms. The van der Waals surface area contributed by atoms with Gasteiger partial charge in [-0.3, -0.25) is 0 Å². The predicted molar refractivity (Wildman–Crippen MR) is 95.1 cm³/mol. The van der Waals surface area contributed by atoms with Gasteiger partial charge in [-0.1, -0.05) is 12.2 Å². The highest BCUT2D eigenvalue weighted by Crippen LogP contribution is 2.31. The minimum atomic E-state index is -0.0993. The topological polar surface area (TPSA) is 51.5 Å². The van der Waals surface area contributed by atoms with E-state index in [9.17, 15) is 0 Å². The monoisotopic (exact) mass is 323 g/mol. The van der Waals surface area contributed by atoms with E-state index in [0.29, 0.717) is 11.9 Å². The zero-order chi connectivity index (χ0) is 17.3. The largest absolute Gasteiger partial charge is 0.489 e. The van der Waals surface area contributed by atoms with Gasteiger partial charge < -0.3 is 19.6 Å². The van der Waals surface area contributed by atoms with E-state index in [0.717, 1.165) is 32.3 Å². The molecule has 0 radical (unpaired) electrons. The highest BCUT2D eigenvalue weighted by Gasteiger charge is 2.34. The fourth-order valence-electron chi connectivity index (χ4n) is 2.30. The van der Waals surface area contributed by atoms with E-state index in [1.165, 1.54) is 6.21 Å². The summed E-state index contributed by atoms with van der Waals surface area (Å²) in [6.07, 6.45) is 11.7. The maximum atomic E-state index is 7.44. The van der Waals surface area contributed by atoms with Gasteiger partial charge in [0.15, 0.2) is 0 Å². The predicted octanol–water partition coefficient (Wildman–Crippen LogP) is 4.64. The first-order valence-corrected chi connectivity index (χ1v) is 8.63. The van der Waals surface area contributed by atoms with Crippen LogP contribution in [0.3, 0.4) is 0 Å². The maximum absolute atomic E-state index is 7.44. The van der Waals surface area contributed by atoms with Crippen LogP contribution in [0.15, 0.2) is 24.0 Å². The van der Waals surface area contributed by atoms with Crippen molar-refractivity contribution in [3.8, 4) is 0 Å². The summed E-state index contributed by atoms with van der Waals surface area (Å²) in [5.41, 5.74) is -0.0993.